The second-order valence-corrected chi connectivity index (χ2v) is 4.90. The third kappa shape index (κ3) is 2.92. The predicted octanol–water partition coefficient (Wildman–Crippen LogP) is 3.78. The molecule has 0 unspecified atom stereocenters. The van der Waals surface area contributed by atoms with E-state index < -0.39 is 11.7 Å². The number of alkyl halides is 3. The monoisotopic (exact) mass is 346 g/mol. The Hall–Kier alpha value is -1.63. The van der Waals surface area contributed by atoms with Crippen molar-refractivity contribution in [2.24, 2.45) is 0 Å². The number of aromatic nitrogens is 2. The molecule has 0 spiro atoms. The van der Waals surface area contributed by atoms with Crippen LogP contribution in [0.3, 0.4) is 0 Å². The van der Waals surface area contributed by atoms with Gasteiger partial charge in [0.2, 0.25) is 0 Å². The molecule has 1 aromatic carbocycles. The molecular weight excluding hydrogens is 337 g/mol. The van der Waals surface area contributed by atoms with Crippen LogP contribution in [0.5, 0.6) is 0 Å². The summed E-state index contributed by atoms with van der Waals surface area (Å²) >= 11 is 3.13. The lowest BCUT2D eigenvalue weighted by molar-refractivity contribution is -0.137. The molecule has 1 heterocycles. The fourth-order valence-corrected chi connectivity index (χ4v) is 2.16. The van der Waals surface area contributed by atoms with Gasteiger partial charge in [0.25, 0.3) is 5.56 Å². The van der Waals surface area contributed by atoms with E-state index in [2.05, 4.69) is 25.9 Å². The molecule has 2 rings (SSSR count). The van der Waals surface area contributed by atoms with E-state index in [1.54, 1.807) is 0 Å². The molecular formula is C13H10BrF3N2O. The Balaban J connectivity index is 2.47. The van der Waals surface area contributed by atoms with Crippen molar-refractivity contribution < 1.29 is 13.2 Å². The SMILES string of the molecule is CCc1nc(-c2ccc(C(F)(F)F)cc2)[nH]c(=O)c1Br. The Morgan fingerprint density at radius 2 is 1.85 bits per heavy atom. The lowest BCUT2D eigenvalue weighted by Crippen LogP contribution is -2.13. The van der Waals surface area contributed by atoms with Crippen LogP contribution in [0.4, 0.5) is 13.2 Å². The van der Waals surface area contributed by atoms with Gasteiger partial charge in [-0.05, 0) is 34.5 Å². The van der Waals surface area contributed by atoms with Gasteiger partial charge in [0.1, 0.15) is 10.3 Å². The molecule has 1 aromatic heterocycles. The summed E-state index contributed by atoms with van der Waals surface area (Å²) in [6.07, 6.45) is -3.84. The molecule has 0 aliphatic carbocycles. The zero-order valence-corrected chi connectivity index (χ0v) is 12.0. The molecule has 0 aliphatic rings. The van der Waals surface area contributed by atoms with Crippen molar-refractivity contribution in [1.29, 1.82) is 0 Å². The summed E-state index contributed by atoms with van der Waals surface area (Å²) in [7, 11) is 0. The summed E-state index contributed by atoms with van der Waals surface area (Å²) in [5.41, 5.74) is -0.107. The minimum absolute atomic E-state index is 0.253. The maximum atomic E-state index is 12.5. The van der Waals surface area contributed by atoms with E-state index >= 15 is 0 Å². The van der Waals surface area contributed by atoms with Gasteiger partial charge in [0.05, 0.1) is 11.3 Å². The number of aromatic amines is 1. The number of nitrogens with one attached hydrogen (secondary N) is 1. The number of hydrogen-bond donors (Lipinski definition) is 1. The van der Waals surface area contributed by atoms with E-state index in [1.165, 1.54) is 12.1 Å². The second kappa shape index (κ2) is 5.40. The average Bonchev–Trinajstić information content (AvgIpc) is 2.41. The third-order valence-electron chi connectivity index (χ3n) is 2.75. The van der Waals surface area contributed by atoms with Gasteiger partial charge in [0.15, 0.2) is 0 Å². The number of hydrogen-bond acceptors (Lipinski definition) is 2. The first-order chi connectivity index (χ1) is 9.32. The Morgan fingerprint density at radius 3 is 2.35 bits per heavy atom. The minimum Gasteiger partial charge on any atom is -0.306 e. The molecule has 0 saturated heterocycles. The van der Waals surface area contributed by atoms with E-state index in [0.29, 0.717) is 22.2 Å². The number of halogens is 4. The maximum absolute atomic E-state index is 12.5. The Labute approximate surface area is 121 Å². The summed E-state index contributed by atoms with van der Waals surface area (Å²) in [5, 5.41) is 0. The fraction of sp³-hybridized carbons (Fsp3) is 0.231. The first-order valence-corrected chi connectivity index (χ1v) is 6.58. The van der Waals surface area contributed by atoms with Crippen LogP contribution in [0.25, 0.3) is 11.4 Å². The highest BCUT2D eigenvalue weighted by atomic mass is 79.9. The van der Waals surface area contributed by atoms with Crippen molar-refractivity contribution in [1.82, 2.24) is 9.97 Å². The topological polar surface area (TPSA) is 45.8 Å². The smallest absolute Gasteiger partial charge is 0.306 e. The van der Waals surface area contributed by atoms with E-state index in [1.807, 2.05) is 6.92 Å². The largest absolute Gasteiger partial charge is 0.416 e. The Kier molecular flexibility index (Phi) is 3.99. The van der Waals surface area contributed by atoms with Crippen molar-refractivity contribution in [3.05, 3.63) is 50.3 Å². The number of benzene rings is 1. The van der Waals surface area contributed by atoms with Gasteiger partial charge in [-0.25, -0.2) is 4.98 Å². The minimum atomic E-state index is -4.38. The van der Waals surface area contributed by atoms with E-state index in [4.69, 9.17) is 0 Å². The molecule has 106 valence electrons. The van der Waals surface area contributed by atoms with Gasteiger partial charge >= 0.3 is 6.18 Å². The normalized spacial score (nSPS) is 11.7. The highest BCUT2D eigenvalue weighted by Crippen LogP contribution is 2.30. The molecule has 0 fully saturated rings. The fourth-order valence-electron chi connectivity index (χ4n) is 1.69. The molecule has 1 N–H and O–H groups in total. The first kappa shape index (κ1) is 14.8. The van der Waals surface area contributed by atoms with Crippen LogP contribution in [-0.2, 0) is 12.6 Å². The van der Waals surface area contributed by atoms with Crippen molar-refractivity contribution in [2.45, 2.75) is 19.5 Å². The summed E-state index contributed by atoms with van der Waals surface area (Å²) in [6, 6.07) is 4.49. The predicted molar refractivity (Wildman–Crippen MR) is 72.4 cm³/mol. The maximum Gasteiger partial charge on any atom is 0.416 e. The highest BCUT2D eigenvalue weighted by Gasteiger charge is 2.30. The van der Waals surface area contributed by atoms with Crippen LogP contribution in [0, 0.1) is 0 Å². The van der Waals surface area contributed by atoms with Crippen molar-refractivity contribution >= 4 is 15.9 Å². The average molecular weight is 347 g/mol. The zero-order chi connectivity index (χ0) is 14.9. The second-order valence-electron chi connectivity index (χ2n) is 4.10. The molecule has 20 heavy (non-hydrogen) atoms. The van der Waals surface area contributed by atoms with Crippen molar-refractivity contribution in [3.8, 4) is 11.4 Å². The molecule has 0 amide bonds. The molecule has 0 saturated carbocycles. The van der Waals surface area contributed by atoms with E-state index in [-0.39, 0.29) is 11.4 Å². The summed E-state index contributed by atoms with van der Waals surface area (Å²) in [6.45, 7) is 1.84. The van der Waals surface area contributed by atoms with Gasteiger partial charge in [-0.3, -0.25) is 4.79 Å². The van der Waals surface area contributed by atoms with Gasteiger partial charge in [-0.15, -0.1) is 0 Å². The van der Waals surface area contributed by atoms with Gasteiger partial charge < -0.3 is 4.98 Å². The number of aryl methyl sites for hydroxylation is 1. The molecule has 0 aliphatic heterocycles. The lowest BCUT2D eigenvalue weighted by atomic mass is 10.1. The summed E-state index contributed by atoms with van der Waals surface area (Å²) < 4.78 is 37.8. The lowest BCUT2D eigenvalue weighted by Gasteiger charge is -2.08. The van der Waals surface area contributed by atoms with Gasteiger partial charge in [0, 0.05) is 5.56 Å². The van der Waals surface area contributed by atoms with Crippen LogP contribution in [0.2, 0.25) is 0 Å². The third-order valence-corrected chi connectivity index (χ3v) is 3.57. The molecule has 0 radical (unpaired) electrons. The molecule has 0 bridgehead atoms. The van der Waals surface area contributed by atoms with Crippen LogP contribution in [-0.4, -0.2) is 9.97 Å². The quantitative estimate of drug-likeness (QED) is 0.899. The van der Waals surface area contributed by atoms with Crippen molar-refractivity contribution in [3.63, 3.8) is 0 Å². The Morgan fingerprint density at radius 1 is 1.25 bits per heavy atom. The van der Waals surface area contributed by atoms with E-state index in [9.17, 15) is 18.0 Å². The van der Waals surface area contributed by atoms with Crippen LogP contribution >= 0.6 is 15.9 Å². The summed E-state index contributed by atoms with van der Waals surface area (Å²) in [5.74, 6) is 0.253. The number of nitrogens with zero attached hydrogens (tertiary/aromatic N) is 1. The number of rotatable bonds is 2. The van der Waals surface area contributed by atoms with Gasteiger partial charge in [-0.1, -0.05) is 19.1 Å². The molecule has 7 heteroatoms. The van der Waals surface area contributed by atoms with Crippen LogP contribution in [0.15, 0.2) is 33.5 Å². The zero-order valence-electron chi connectivity index (χ0n) is 10.4. The van der Waals surface area contributed by atoms with Crippen molar-refractivity contribution in [2.75, 3.05) is 0 Å². The van der Waals surface area contributed by atoms with E-state index in [0.717, 1.165) is 12.1 Å². The Bertz CT molecular complexity index is 677. The highest BCUT2D eigenvalue weighted by molar-refractivity contribution is 9.10. The summed E-state index contributed by atoms with van der Waals surface area (Å²) in [4.78, 5) is 18.5. The first-order valence-electron chi connectivity index (χ1n) is 5.79. The van der Waals surface area contributed by atoms with Crippen LogP contribution < -0.4 is 5.56 Å². The standard InChI is InChI=1S/C13H10BrF3N2O/c1-2-9-10(14)12(20)19-11(18-9)7-3-5-8(6-4-7)13(15,16)17/h3-6H,2H2,1H3,(H,18,19,20). The van der Waals surface area contributed by atoms with Crippen LogP contribution in [0.1, 0.15) is 18.2 Å². The molecule has 2 aromatic rings. The number of H-pyrrole nitrogens is 1. The molecule has 3 nitrogen and oxygen atoms in total. The molecule has 0 atom stereocenters. The van der Waals surface area contributed by atoms with Gasteiger partial charge in [-0.2, -0.15) is 13.2 Å².